The Hall–Kier alpha value is -1.40. The summed E-state index contributed by atoms with van der Waals surface area (Å²) < 4.78 is 5.35. The van der Waals surface area contributed by atoms with Crippen LogP contribution in [0.3, 0.4) is 0 Å². The van der Waals surface area contributed by atoms with Crippen molar-refractivity contribution in [2.45, 2.75) is 64.2 Å². The summed E-state index contributed by atoms with van der Waals surface area (Å²) in [5.41, 5.74) is 2.34. The van der Waals surface area contributed by atoms with Gasteiger partial charge in [-0.25, -0.2) is 4.79 Å². The number of amides is 1. The molecule has 2 N–H and O–H groups in total. The van der Waals surface area contributed by atoms with Crippen molar-refractivity contribution in [1.29, 1.82) is 0 Å². The van der Waals surface area contributed by atoms with Gasteiger partial charge in [0, 0.05) is 24.8 Å². The number of ether oxygens (including phenoxy) is 1. The summed E-state index contributed by atoms with van der Waals surface area (Å²) in [6.07, 6.45) is 2.25. The average Bonchev–Trinajstić information content (AvgIpc) is 2.96. The van der Waals surface area contributed by atoms with Crippen molar-refractivity contribution in [2.75, 3.05) is 29.5 Å². The lowest BCUT2D eigenvalue weighted by Crippen LogP contribution is -2.43. The minimum Gasteiger partial charge on any atom is -0.444 e. The number of thioether (sulfide) groups is 1. The van der Waals surface area contributed by atoms with Gasteiger partial charge < -0.3 is 20.1 Å². The van der Waals surface area contributed by atoms with E-state index in [2.05, 4.69) is 28.4 Å². The van der Waals surface area contributed by atoms with Gasteiger partial charge in [0.05, 0.1) is 5.60 Å². The van der Waals surface area contributed by atoms with Gasteiger partial charge in [-0.15, -0.1) is 0 Å². The molecule has 2 heterocycles. The van der Waals surface area contributed by atoms with Gasteiger partial charge in [0.1, 0.15) is 5.60 Å². The van der Waals surface area contributed by atoms with Gasteiger partial charge in [0.15, 0.2) is 0 Å². The molecule has 0 radical (unpaired) electrons. The number of carbonyl (C=O) groups is 1. The van der Waals surface area contributed by atoms with Crippen LogP contribution < -0.4 is 10.2 Å². The van der Waals surface area contributed by atoms with Crippen molar-refractivity contribution in [3.8, 4) is 0 Å². The fourth-order valence-corrected chi connectivity index (χ4v) is 4.98. The van der Waals surface area contributed by atoms with Crippen molar-refractivity contribution in [3.63, 3.8) is 0 Å². The molecule has 0 aromatic heterocycles. The average molecular weight is 393 g/mol. The van der Waals surface area contributed by atoms with Crippen LogP contribution in [0.5, 0.6) is 0 Å². The van der Waals surface area contributed by atoms with E-state index in [0.29, 0.717) is 0 Å². The molecule has 5 nitrogen and oxygen atoms in total. The van der Waals surface area contributed by atoms with E-state index >= 15 is 0 Å². The number of alkyl carbamates (subject to hydrolysis) is 1. The molecular weight excluding hydrogens is 360 g/mol. The van der Waals surface area contributed by atoms with Crippen LogP contribution in [0.2, 0.25) is 0 Å². The van der Waals surface area contributed by atoms with E-state index in [9.17, 15) is 9.90 Å². The van der Waals surface area contributed by atoms with Gasteiger partial charge in [0.25, 0.3) is 0 Å². The Morgan fingerprint density at radius 3 is 2.74 bits per heavy atom. The predicted octanol–water partition coefficient (Wildman–Crippen LogP) is 3.68. The van der Waals surface area contributed by atoms with Gasteiger partial charge >= 0.3 is 6.09 Å². The quantitative estimate of drug-likeness (QED) is 0.818. The first-order chi connectivity index (χ1) is 12.7. The van der Waals surface area contributed by atoms with Crippen molar-refractivity contribution >= 4 is 23.5 Å². The standard InChI is InChI=1S/C21H32N2O3S/c1-15(22-19(24)26-20(2,3)4)14-23-10-7-16-5-6-17(13-18(16)23)21(25)8-11-27-12-9-21/h5-6,13,15,25H,7-12,14H2,1-4H3,(H,22,24)/t15-/m0/s1. The molecule has 2 aliphatic heterocycles. The van der Waals surface area contributed by atoms with Crippen molar-refractivity contribution in [2.24, 2.45) is 0 Å². The topological polar surface area (TPSA) is 61.8 Å². The molecule has 1 aromatic carbocycles. The van der Waals surface area contributed by atoms with E-state index in [1.807, 2.05) is 39.5 Å². The Kier molecular flexibility index (Phi) is 5.96. The summed E-state index contributed by atoms with van der Waals surface area (Å²) in [7, 11) is 0. The molecule has 2 aliphatic rings. The van der Waals surface area contributed by atoms with Crippen LogP contribution in [0, 0.1) is 0 Å². The highest BCUT2D eigenvalue weighted by Crippen LogP contribution is 2.39. The summed E-state index contributed by atoms with van der Waals surface area (Å²) in [5, 5.41) is 14.0. The molecule has 1 aromatic rings. The molecule has 0 unspecified atom stereocenters. The maximum absolute atomic E-state index is 12.0. The first-order valence-corrected chi connectivity index (χ1v) is 11.0. The first kappa shape index (κ1) is 20.3. The van der Waals surface area contributed by atoms with Gasteiger partial charge in [0.2, 0.25) is 0 Å². The second-order valence-corrected chi connectivity index (χ2v) is 9.96. The van der Waals surface area contributed by atoms with Gasteiger partial charge in [-0.3, -0.25) is 0 Å². The second-order valence-electron chi connectivity index (χ2n) is 8.73. The van der Waals surface area contributed by atoms with E-state index in [1.165, 1.54) is 11.3 Å². The predicted molar refractivity (Wildman–Crippen MR) is 112 cm³/mol. The minimum atomic E-state index is -0.699. The zero-order valence-corrected chi connectivity index (χ0v) is 17.7. The molecule has 27 heavy (non-hydrogen) atoms. The number of nitrogens with one attached hydrogen (secondary N) is 1. The molecule has 6 heteroatoms. The van der Waals surface area contributed by atoms with Crippen molar-refractivity contribution in [1.82, 2.24) is 5.32 Å². The third kappa shape index (κ3) is 5.11. The van der Waals surface area contributed by atoms with Crippen molar-refractivity contribution < 1.29 is 14.6 Å². The smallest absolute Gasteiger partial charge is 0.407 e. The van der Waals surface area contributed by atoms with Gasteiger partial charge in [-0.2, -0.15) is 11.8 Å². The number of anilines is 1. The number of hydrogen-bond donors (Lipinski definition) is 2. The molecule has 1 amide bonds. The first-order valence-electron chi connectivity index (χ1n) is 9.84. The largest absolute Gasteiger partial charge is 0.444 e. The van der Waals surface area contributed by atoms with Crippen molar-refractivity contribution in [3.05, 3.63) is 29.3 Å². The number of hydrogen-bond acceptors (Lipinski definition) is 5. The summed E-state index contributed by atoms with van der Waals surface area (Å²) in [6.45, 7) is 9.26. The Labute approximate surface area is 166 Å². The summed E-state index contributed by atoms with van der Waals surface area (Å²) >= 11 is 1.91. The molecule has 150 valence electrons. The van der Waals surface area contributed by atoms with Crippen LogP contribution in [0.1, 0.15) is 51.7 Å². The third-order valence-corrected chi connectivity index (χ3v) is 6.18. The lowest BCUT2D eigenvalue weighted by molar-refractivity contribution is 0.0281. The molecule has 0 spiro atoms. The Bertz CT molecular complexity index is 680. The minimum absolute atomic E-state index is 0.0244. The zero-order chi connectivity index (χ0) is 19.7. The van der Waals surface area contributed by atoms with Gasteiger partial charge in [-0.05, 0) is 75.7 Å². The summed E-state index contributed by atoms with van der Waals surface area (Å²) in [4.78, 5) is 14.3. The summed E-state index contributed by atoms with van der Waals surface area (Å²) in [6, 6.07) is 6.40. The highest BCUT2D eigenvalue weighted by molar-refractivity contribution is 7.99. The number of benzene rings is 1. The monoisotopic (exact) mass is 392 g/mol. The van der Waals surface area contributed by atoms with E-state index in [4.69, 9.17) is 4.74 Å². The van der Waals surface area contributed by atoms with Crippen LogP contribution in [-0.2, 0) is 16.8 Å². The fraction of sp³-hybridized carbons (Fsp3) is 0.667. The van der Waals surface area contributed by atoms with Crippen LogP contribution in [0.15, 0.2) is 18.2 Å². The number of aliphatic hydroxyl groups is 1. The number of carbonyl (C=O) groups excluding carboxylic acids is 1. The Morgan fingerprint density at radius 2 is 2.07 bits per heavy atom. The highest BCUT2D eigenvalue weighted by Gasteiger charge is 2.33. The highest BCUT2D eigenvalue weighted by atomic mass is 32.2. The zero-order valence-electron chi connectivity index (χ0n) is 16.9. The number of rotatable bonds is 4. The molecule has 0 aliphatic carbocycles. The maximum atomic E-state index is 12.0. The molecule has 3 rings (SSSR count). The van der Waals surface area contributed by atoms with Crippen LogP contribution in [-0.4, -0.2) is 47.4 Å². The maximum Gasteiger partial charge on any atom is 0.407 e. The van der Waals surface area contributed by atoms with E-state index in [-0.39, 0.29) is 12.1 Å². The third-order valence-electron chi connectivity index (χ3n) is 5.19. The van der Waals surface area contributed by atoms with Crippen LogP contribution >= 0.6 is 11.8 Å². The number of nitrogens with zero attached hydrogens (tertiary/aromatic N) is 1. The van der Waals surface area contributed by atoms with Crippen LogP contribution in [0.4, 0.5) is 10.5 Å². The molecule has 1 fully saturated rings. The summed E-state index contributed by atoms with van der Waals surface area (Å²) in [5.74, 6) is 2.02. The normalized spacial score (nSPS) is 20.1. The molecular formula is C21H32N2O3S. The Morgan fingerprint density at radius 1 is 1.37 bits per heavy atom. The van der Waals surface area contributed by atoms with Gasteiger partial charge in [-0.1, -0.05) is 12.1 Å². The van der Waals surface area contributed by atoms with E-state index in [1.54, 1.807) is 0 Å². The lowest BCUT2D eigenvalue weighted by atomic mass is 9.87. The van der Waals surface area contributed by atoms with E-state index in [0.717, 1.165) is 49.4 Å². The SMILES string of the molecule is C[C@@H](CN1CCc2ccc(C3(O)CCSCC3)cc21)NC(=O)OC(C)(C)C. The second kappa shape index (κ2) is 7.92. The molecule has 1 saturated heterocycles. The molecule has 1 atom stereocenters. The van der Waals surface area contributed by atoms with E-state index < -0.39 is 11.2 Å². The fourth-order valence-electron chi connectivity index (χ4n) is 3.81. The molecule has 0 saturated carbocycles. The Balaban J connectivity index is 1.67. The lowest BCUT2D eigenvalue weighted by Gasteiger charge is -2.33. The number of fused-ring (bicyclic) bond motifs is 1. The van der Waals surface area contributed by atoms with Crippen LogP contribution in [0.25, 0.3) is 0 Å². The molecule has 0 bridgehead atoms.